The zero-order chi connectivity index (χ0) is 10.0. The zero-order valence-corrected chi connectivity index (χ0v) is 8.72. The molecule has 0 saturated heterocycles. The Hall–Kier alpha value is -0.850. The summed E-state index contributed by atoms with van der Waals surface area (Å²) in [5.41, 5.74) is 1.20. The van der Waals surface area contributed by atoms with E-state index in [1.807, 2.05) is 12.1 Å². The number of rotatable bonds is 3. The molecule has 0 amide bonds. The van der Waals surface area contributed by atoms with Gasteiger partial charge in [0.2, 0.25) is 0 Å². The van der Waals surface area contributed by atoms with Crippen LogP contribution in [0, 0.1) is 0 Å². The third kappa shape index (κ3) is 1.68. The van der Waals surface area contributed by atoms with Gasteiger partial charge in [-0.3, -0.25) is 0 Å². The number of halogens is 1. The molecule has 1 heteroatoms. The maximum atomic E-state index is 14.0. The number of hydrogen-bond donors (Lipinski definition) is 0. The lowest BCUT2D eigenvalue weighted by molar-refractivity contribution is 0.0609. The van der Waals surface area contributed by atoms with Crippen LogP contribution in [-0.4, -0.2) is 0 Å². The highest BCUT2D eigenvalue weighted by Gasteiger charge is 2.38. The molecule has 1 aliphatic rings. The van der Waals surface area contributed by atoms with E-state index >= 15 is 0 Å². The summed E-state index contributed by atoms with van der Waals surface area (Å²) in [7, 11) is 0. The third-order valence-corrected chi connectivity index (χ3v) is 3.16. The lowest BCUT2D eigenvalue weighted by atomic mass is 9.76. The number of alkyl halides is 1. The zero-order valence-electron chi connectivity index (χ0n) is 8.72. The van der Waals surface area contributed by atoms with Crippen molar-refractivity contribution in [2.75, 3.05) is 0 Å². The van der Waals surface area contributed by atoms with Gasteiger partial charge in [-0.05, 0) is 36.8 Å². The van der Waals surface area contributed by atoms with Crippen LogP contribution in [0.25, 0.3) is 0 Å². The number of aryl methyl sites for hydroxylation is 1. The summed E-state index contributed by atoms with van der Waals surface area (Å²) >= 11 is 0. The second-order valence-electron chi connectivity index (χ2n) is 4.27. The van der Waals surface area contributed by atoms with Crippen LogP contribution in [-0.2, 0) is 12.1 Å². The summed E-state index contributed by atoms with van der Waals surface area (Å²) in [6.45, 7) is 2.16. The lowest BCUT2D eigenvalue weighted by Gasteiger charge is -2.34. The van der Waals surface area contributed by atoms with Crippen LogP contribution < -0.4 is 0 Å². The van der Waals surface area contributed by atoms with E-state index in [1.165, 1.54) is 5.56 Å². The quantitative estimate of drug-likeness (QED) is 0.679. The molecule has 0 aliphatic heterocycles. The maximum Gasteiger partial charge on any atom is 0.136 e. The Morgan fingerprint density at radius 3 is 2.29 bits per heavy atom. The van der Waals surface area contributed by atoms with E-state index in [1.54, 1.807) is 0 Å². The van der Waals surface area contributed by atoms with Gasteiger partial charge in [-0.1, -0.05) is 37.6 Å². The fourth-order valence-electron chi connectivity index (χ4n) is 2.03. The predicted octanol–water partition coefficient (Wildman–Crippen LogP) is 3.99. The molecule has 0 bridgehead atoms. The molecular weight excluding hydrogens is 175 g/mol. The monoisotopic (exact) mass is 192 g/mol. The molecule has 1 aliphatic carbocycles. The fourth-order valence-corrected chi connectivity index (χ4v) is 2.03. The number of hydrogen-bond acceptors (Lipinski definition) is 0. The predicted molar refractivity (Wildman–Crippen MR) is 57.1 cm³/mol. The van der Waals surface area contributed by atoms with Crippen LogP contribution in [0.5, 0.6) is 0 Å². The molecular formula is C13H17F. The van der Waals surface area contributed by atoms with Crippen molar-refractivity contribution in [3.8, 4) is 0 Å². The average molecular weight is 192 g/mol. The van der Waals surface area contributed by atoms with Crippen LogP contribution >= 0.6 is 0 Å². The van der Waals surface area contributed by atoms with E-state index in [-0.39, 0.29) is 0 Å². The van der Waals surface area contributed by atoms with E-state index in [0.29, 0.717) is 12.8 Å². The molecule has 0 nitrogen and oxygen atoms in total. The molecule has 1 aromatic carbocycles. The first-order valence-electron chi connectivity index (χ1n) is 5.53. The summed E-state index contributed by atoms with van der Waals surface area (Å²) in [4.78, 5) is 0. The molecule has 0 atom stereocenters. The van der Waals surface area contributed by atoms with Crippen molar-refractivity contribution < 1.29 is 4.39 Å². The Kier molecular flexibility index (Phi) is 2.58. The molecule has 1 saturated carbocycles. The molecule has 0 heterocycles. The average Bonchev–Trinajstić information content (AvgIpc) is 2.16. The van der Waals surface area contributed by atoms with Crippen molar-refractivity contribution in [2.45, 2.75) is 44.7 Å². The Labute approximate surface area is 85.1 Å². The van der Waals surface area contributed by atoms with Crippen molar-refractivity contribution >= 4 is 0 Å². The second-order valence-corrected chi connectivity index (χ2v) is 4.27. The molecule has 1 aromatic rings. The minimum atomic E-state index is -0.995. The van der Waals surface area contributed by atoms with Crippen LogP contribution in [0.3, 0.4) is 0 Å². The van der Waals surface area contributed by atoms with Crippen molar-refractivity contribution in [3.05, 3.63) is 35.4 Å². The molecule has 0 aromatic heterocycles. The van der Waals surface area contributed by atoms with Gasteiger partial charge in [0.25, 0.3) is 0 Å². The van der Waals surface area contributed by atoms with Gasteiger partial charge in [-0.15, -0.1) is 0 Å². The first kappa shape index (κ1) is 9.70. The molecule has 0 radical (unpaired) electrons. The number of benzene rings is 1. The molecule has 76 valence electrons. The van der Waals surface area contributed by atoms with Crippen LogP contribution in [0.1, 0.15) is 43.7 Å². The first-order valence-corrected chi connectivity index (χ1v) is 5.53. The molecule has 1 fully saturated rings. The highest BCUT2D eigenvalue weighted by atomic mass is 19.1. The van der Waals surface area contributed by atoms with Gasteiger partial charge in [0, 0.05) is 0 Å². The minimum absolute atomic E-state index is 0.708. The van der Waals surface area contributed by atoms with E-state index in [0.717, 1.165) is 24.8 Å². The first-order chi connectivity index (χ1) is 6.74. The highest BCUT2D eigenvalue weighted by molar-refractivity contribution is 5.28. The Balaban J connectivity index is 2.13. The molecule has 0 spiro atoms. The van der Waals surface area contributed by atoms with E-state index in [2.05, 4.69) is 19.1 Å². The normalized spacial score (nSPS) is 19.0. The Bertz CT molecular complexity index is 296. The lowest BCUT2D eigenvalue weighted by Crippen LogP contribution is -2.28. The summed E-state index contributed by atoms with van der Waals surface area (Å²) in [6, 6.07) is 8.06. The van der Waals surface area contributed by atoms with Gasteiger partial charge in [0.1, 0.15) is 5.67 Å². The summed E-state index contributed by atoms with van der Waals surface area (Å²) in [6.07, 6.45) is 4.70. The molecule has 14 heavy (non-hydrogen) atoms. The van der Waals surface area contributed by atoms with Crippen molar-refractivity contribution in [3.63, 3.8) is 0 Å². The summed E-state index contributed by atoms with van der Waals surface area (Å²) < 4.78 is 14.0. The van der Waals surface area contributed by atoms with Crippen LogP contribution in [0.2, 0.25) is 0 Å². The van der Waals surface area contributed by atoms with Crippen molar-refractivity contribution in [1.82, 2.24) is 0 Å². The highest BCUT2D eigenvalue weighted by Crippen LogP contribution is 2.44. The third-order valence-electron chi connectivity index (χ3n) is 3.16. The van der Waals surface area contributed by atoms with Crippen molar-refractivity contribution in [2.24, 2.45) is 0 Å². The Morgan fingerprint density at radius 2 is 1.86 bits per heavy atom. The summed E-state index contributed by atoms with van der Waals surface area (Å²) in [5.74, 6) is 0. The van der Waals surface area contributed by atoms with Gasteiger partial charge in [0.15, 0.2) is 0 Å². The molecule has 2 rings (SSSR count). The topological polar surface area (TPSA) is 0 Å². The van der Waals surface area contributed by atoms with Gasteiger partial charge < -0.3 is 0 Å². The SMILES string of the molecule is CCCc1ccc(C2(F)CCC2)cc1. The molecule has 0 unspecified atom stereocenters. The molecule has 0 N–H and O–H groups in total. The largest absolute Gasteiger partial charge is 0.239 e. The van der Waals surface area contributed by atoms with Crippen LogP contribution in [0.4, 0.5) is 4.39 Å². The fraction of sp³-hybridized carbons (Fsp3) is 0.538. The van der Waals surface area contributed by atoms with E-state index in [9.17, 15) is 4.39 Å². The van der Waals surface area contributed by atoms with Gasteiger partial charge in [-0.25, -0.2) is 4.39 Å². The van der Waals surface area contributed by atoms with Crippen molar-refractivity contribution in [1.29, 1.82) is 0 Å². The summed E-state index contributed by atoms with van der Waals surface area (Å²) in [5, 5.41) is 0. The van der Waals surface area contributed by atoms with Gasteiger partial charge >= 0.3 is 0 Å². The smallest absolute Gasteiger partial charge is 0.136 e. The van der Waals surface area contributed by atoms with Crippen LogP contribution in [0.15, 0.2) is 24.3 Å². The minimum Gasteiger partial charge on any atom is -0.239 e. The van der Waals surface area contributed by atoms with E-state index in [4.69, 9.17) is 0 Å². The van der Waals surface area contributed by atoms with E-state index < -0.39 is 5.67 Å². The van der Waals surface area contributed by atoms with Gasteiger partial charge in [-0.2, -0.15) is 0 Å². The Morgan fingerprint density at radius 1 is 1.21 bits per heavy atom. The van der Waals surface area contributed by atoms with Gasteiger partial charge in [0.05, 0.1) is 0 Å². The maximum absolute atomic E-state index is 14.0. The second kappa shape index (κ2) is 3.72. The standard InChI is InChI=1S/C13H17F/c1-2-4-11-5-7-12(8-6-11)13(14)9-3-10-13/h5-8H,2-4,9-10H2,1H3.